The van der Waals surface area contributed by atoms with Crippen LogP contribution in [0.1, 0.15) is 11.1 Å². The van der Waals surface area contributed by atoms with Crippen LogP contribution in [0.3, 0.4) is 0 Å². The molecule has 92 heavy (non-hydrogen) atoms. The van der Waals surface area contributed by atoms with Gasteiger partial charge in [-0.2, -0.15) is 0 Å². The van der Waals surface area contributed by atoms with Crippen molar-refractivity contribution in [3.8, 4) is 22.9 Å². The molecule has 4 nitrogen and oxygen atoms in total. The summed E-state index contributed by atoms with van der Waals surface area (Å²) < 4.78 is 11.4. The lowest BCUT2D eigenvalue weighted by molar-refractivity contribution is 0.483. The zero-order chi connectivity index (χ0) is 61.6. The largest absolute Gasteiger partial charge is 0.457 e. The molecule has 0 fully saturated rings. The second-order valence-electron chi connectivity index (χ2n) is 24.1. The second kappa shape index (κ2) is 23.6. The zero-order valence-corrected chi connectivity index (χ0v) is 53.3. The van der Waals surface area contributed by atoms with E-state index in [1.807, 2.05) is 30.3 Å². The number of aromatic nitrogens is 2. The molecule has 0 aliphatic heterocycles. The van der Waals surface area contributed by atoms with Gasteiger partial charge < -0.3 is 18.8 Å². The van der Waals surface area contributed by atoms with Gasteiger partial charge in [-0.05, 0) is 165 Å². The number of fused-ring (bicyclic) bond motifs is 6. The Kier molecular flexibility index (Phi) is 14.4. The molecule has 0 unspecified atom stereocenters. The first-order valence-electron chi connectivity index (χ1n) is 31.7. The number of hydrogen-bond donors (Lipinski definition) is 0. The van der Waals surface area contributed by atoms with Crippen molar-refractivity contribution < 1.29 is 4.74 Å². The highest BCUT2D eigenvalue weighted by molar-refractivity contribution is 7.20. The number of ether oxygens (including phenoxy) is 1. The van der Waals surface area contributed by atoms with Crippen LogP contribution in [0, 0.1) is 13.8 Å². The summed E-state index contributed by atoms with van der Waals surface area (Å²) in [6.45, 7) is 4.32. The van der Waals surface area contributed by atoms with Crippen molar-refractivity contribution in [2.24, 2.45) is 0 Å². The molecular weight excluding hydrogens is 1150 g/mol. The first-order valence-corrected chi connectivity index (χ1v) is 35.7. The molecule has 14 aromatic carbocycles. The standard InChI is InChI=1S/C86H65N3OSi2/c1-62-38-42-65(43-39-62)88-83-54-48-67(58-79(83)81-60-77(52-56-85(81)88)91(71-26-12-4-13-27-71,72-28-14-5-15-29-72)73-30-16-6-17-31-73)87(64-46-50-70(51-47-64)90-69-24-10-3-11-25-69)68-49-55-84-80(59-68)82-61-78(53-57-86(82)89(84)66-44-40-63(2)41-45-66)92(74-32-18-7-19-33-74,75-34-20-8-21-35-75)76-36-22-9-23-37-76/h3-61H,1-2H3. The summed E-state index contributed by atoms with van der Waals surface area (Å²) in [7, 11) is -5.87. The van der Waals surface area contributed by atoms with Gasteiger partial charge in [-0.25, -0.2) is 0 Å². The Morgan fingerprint density at radius 3 is 0.837 bits per heavy atom. The van der Waals surface area contributed by atoms with Gasteiger partial charge in [0, 0.05) is 50.0 Å². The Hall–Kier alpha value is -11.3. The molecule has 0 spiro atoms. The fraction of sp³-hybridized carbons (Fsp3) is 0.0233. The maximum atomic E-state index is 6.49. The van der Waals surface area contributed by atoms with E-state index >= 15 is 0 Å². The lowest BCUT2D eigenvalue weighted by atomic mass is 10.1. The highest BCUT2D eigenvalue weighted by atomic mass is 28.3. The predicted octanol–water partition coefficient (Wildman–Crippen LogP) is 16.5. The van der Waals surface area contributed by atoms with Crippen molar-refractivity contribution in [2.45, 2.75) is 13.8 Å². The van der Waals surface area contributed by atoms with Gasteiger partial charge in [0.1, 0.15) is 11.5 Å². The Bertz CT molecular complexity index is 4790. The zero-order valence-electron chi connectivity index (χ0n) is 51.3. The third-order valence-corrected chi connectivity index (χ3v) is 28.3. The van der Waals surface area contributed by atoms with Gasteiger partial charge in [0.05, 0.1) is 22.1 Å². The first kappa shape index (κ1) is 56.0. The molecular formula is C86H65N3OSi2. The summed E-state index contributed by atoms with van der Waals surface area (Å²) in [6, 6.07) is 133. The average molecular weight is 1210 g/mol. The number of nitrogens with zero attached hydrogens (tertiary/aromatic N) is 3. The highest BCUT2D eigenvalue weighted by Gasteiger charge is 2.43. The molecule has 438 valence electrons. The minimum absolute atomic E-state index is 0.763. The molecule has 16 aromatic rings. The Labute approximate surface area is 539 Å². The molecule has 2 aromatic heterocycles. The van der Waals surface area contributed by atoms with Gasteiger partial charge in [-0.15, -0.1) is 0 Å². The van der Waals surface area contributed by atoms with Gasteiger partial charge in [-0.3, -0.25) is 0 Å². The minimum Gasteiger partial charge on any atom is -0.457 e. The molecule has 0 bridgehead atoms. The predicted molar refractivity (Wildman–Crippen MR) is 393 cm³/mol. The number of rotatable bonds is 15. The fourth-order valence-corrected chi connectivity index (χ4v) is 24.1. The quantitative estimate of drug-likeness (QED) is 0.0754. The van der Waals surface area contributed by atoms with E-state index in [0.29, 0.717) is 0 Å². The summed E-state index contributed by atoms with van der Waals surface area (Å²) in [5, 5.41) is 15.4. The van der Waals surface area contributed by atoms with Crippen molar-refractivity contribution in [1.82, 2.24) is 9.13 Å². The first-order chi connectivity index (χ1) is 45.4. The van der Waals surface area contributed by atoms with E-state index in [4.69, 9.17) is 4.74 Å². The number of para-hydroxylation sites is 1. The molecule has 0 radical (unpaired) electrons. The molecule has 6 heteroatoms. The van der Waals surface area contributed by atoms with Crippen LogP contribution in [-0.2, 0) is 0 Å². The molecule has 0 N–H and O–H groups in total. The number of anilines is 3. The molecule has 0 aliphatic rings. The number of aryl methyl sites for hydroxylation is 2. The van der Waals surface area contributed by atoms with E-state index in [1.54, 1.807) is 0 Å². The summed E-state index contributed by atoms with van der Waals surface area (Å²) in [6.07, 6.45) is 0. The SMILES string of the molecule is Cc1ccc(-n2c3ccc(N(c4ccc(Oc5ccccc5)cc4)c4ccc5c(c4)c4cc([Si](c6ccccc6)(c6ccccc6)c6ccccc6)ccc4n5-c4ccc(C)cc4)cc3c3cc([Si](c4ccccc4)(c4ccccc4)c4ccccc4)ccc32)cc1. The summed E-state index contributed by atoms with van der Waals surface area (Å²) >= 11 is 0. The van der Waals surface area contributed by atoms with Crippen LogP contribution in [0.5, 0.6) is 11.5 Å². The van der Waals surface area contributed by atoms with Gasteiger partial charge >= 0.3 is 0 Å². The van der Waals surface area contributed by atoms with Crippen molar-refractivity contribution >= 4 is 118 Å². The smallest absolute Gasteiger partial charge is 0.179 e. The van der Waals surface area contributed by atoms with Crippen LogP contribution >= 0.6 is 0 Å². The van der Waals surface area contributed by atoms with E-state index in [-0.39, 0.29) is 0 Å². The van der Waals surface area contributed by atoms with Gasteiger partial charge in [0.15, 0.2) is 16.1 Å². The Morgan fingerprint density at radius 2 is 0.511 bits per heavy atom. The Morgan fingerprint density at radius 1 is 0.239 bits per heavy atom. The normalized spacial score (nSPS) is 11.8. The van der Waals surface area contributed by atoms with Gasteiger partial charge in [-0.1, -0.05) is 260 Å². The van der Waals surface area contributed by atoms with Gasteiger partial charge in [0.25, 0.3) is 0 Å². The van der Waals surface area contributed by atoms with Gasteiger partial charge in [0.2, 0.25) is 0 Å². The van der Waals surface area contributed by atoms with E-state index in [9.17, 15) is 0 Å². The summed E-state index contributed by atoms with van der Waals surface area (Å²) in [5.41, 5.74) is 12.3. The van der Waals surface area contributed by atoms with Crippen LogP contribution in [0.4, 0.5) is 17.1 Å². The lowest BCUT2D eigenvalue weighted by Crippen LogP contribution is -2.74. The number of benzene rings is 14. The van der Waals surface area contributed by atoms with Crippen LogP contribution in [-0.4, -0.2) is 25.3 Å². The van der Waals surface area contributed by atoms with Crippen molar-refractivity contribution in [3.05, 3.63) is 369 Å². The fourth-order valence-electron chi connectivity index (χ4n) is 14.6. The molecule has 0 saturated heterocycles. The second-order valence-corrected chi connectivity index (χ2v) is 31.8. The molecule has 0 amide bonds. The van der Waals surface area contributed by atoms with Crippen molar-refractivity contribution in [3.63, 3.8) is 0 Å². The third kappa shape index (κ3) is 9.58. The molecule has 0 aliphatic carbocycles. The van der Waals surface area contributed by atoms with Crippen LogP contribution in [0.2, 0.25) is 0 Å². The monoisotopic (exact) mass is 1210 g/mol. The molecule has 0 saturated carbocycles. The average Bonchev–Trinajstić information content (AvgIpc) is 1.45. The van der Waals surface area contributed by atoms with E-state index in [0.717, 1.165) is 72.8 Å². The summed E-state index contributed by atoms with van der Waals surface area (Å²) in [4.78, 5) is 2.44. The molecule has 2 heterocycles. The highest BCUT2D eigenvalue weighted by Crippen LogP contribution is 2.43. The molecule has 0 atom stereocenters. The minimum atomic E-state index is -2.94. The summed E-state index contributed by atoms with van der Waals surface area (Å²) in [5.74, 6) is 1.55. The van der Waals surface area contributed by atoms with E-state index in [2.05, 4.69) is 355 Å². The maximum absolute atomic E-state index is 6.49. The van der Waals surface area contributed by atoms with E-state index in [1.165, 1.54) is 63.4 Å². The molecule has 16 rings (SSSR count). The van der Waals surface area contributed by atoms with Crippen molar-refractivity contribution in [1.29, 1.82) is 0 Å². The maximum Gasteiger partial charge on any atom is 0.179 e. The van der Waals surface area contributed by atoms with Crippen LogP contribution in [0.25, 0.3) is 55.0 Å². The van der Waals surface area contributed by atoms with E-state index < -0.39 is 16.1 Å². The third-order valence-electron chi connectivity index (χ3n) is 18.8. The topological polar surface area (TPSA) is 22.3 Å². The van der Waals surface area contributed by atoms with Crippen LogP contribution < -0.4 is 51.1 Å². The lowest BCUT2D eigenvalue weighted by Gasteiger charge is -2.34. The number of hydrogen-bond acceptors (Lipinski definition) is 2. The van der Waals surface area contributed by atoms with Crippen LogP contribution in [0.15, 0.2) is 358 Å². The van der Waals surface area contributed by atoms with Crippen molar-refractivity contribution in [2.75, 3.05) is 4.90 Å². The Balaban J connectivity index is 0.962.